The zero-order valence-corrected chi connectivity index (χ0v) is 16.3. The molecule has 0 saturated carbocycles. The summed E-state index contributed by atoms with van der Waals surface area (Å²) in [6, 6.07) is 11.2. The number of rotatable bonds is 5. The van der Waals surface area contributed by atoms with Crippen molar-refractivity contribution in [3.05, 3.63) is 52.5 Å². The fraction of sp³-hybridized carbons (Fsp3) is 0.222. The van der Waals surface area contributed by atoms with Gasteiger partial charge in [0.2, 0.25) is 0 Å². The Balaban J connectivity index is 1.83. The quantitative estimate of drug-likeness (QED) is 0.461. The molecule has 138 valence electrons. The van der Waals surface area contributed by atoms with Gasteiger partial charge in [-0.2, -0.15) is 0 Å². The minimum absolute atomic E-state index is 0.0559. The maximum absolute atomic E-state index is 12.0. The van der Waals surface area contributed by atoms with E-state index in [4.69, 9.17) is 28.6 Å². The van der Waals surface area contributed by atoms with Crippen molar-refractivity contribution in [1.82, 2.24) is 10.9 Å². The van der Waals surface area contributed by atoms with Crippen molar-refractivity contribution in [3.8, 4) is 5.75 Å². The number of carbonyl (C=O) groups is 1. The van der Waals surface area contributed by atoms with Crippen molar-refractivity contribution < 1.29 is 9.53 Å². The summed E-state index contributed by atoms with van der Waals surface area (Å²) >= 11 is 11.4. The first-order valence-corrected chi connectivity index (χ1v) is 8.68. The van der Waals surface area contributed by atoms with Gasteiger partial charge in [-0.1, -0.05) is 29.8 Å². The van der Waals surface area contributed by atoms with Crippen molar-refractivity contribution in [2.45, 2.75) is 13.8 Å². The predicted molar refractivity (Wildman–Crippen MR) is 110 cm³/mol. The second-order valence-corrected chi connectivity index (χ2v) is 6.44. The lowest BCUT2D eigenvalue weighted by molar-refractivity contribution is -0.119. The summed E-state index contributed by atoms with van der Waals surface area (Å²) in [7, 11) is 1.57. The van der Waals surface area contributed by atoms with Gasteiger partial charge in [0.1, 0.15) is 5.75 Å². The van der Waals surface area contributed by atoms with Crippen molar-refractivity contribution >= 4 is 46.2 Å². The number of thiocarbonyl (C=S) groups is 1. The fourth-order valence-electron chi connectivity index (χ4n) is 2.36. The minimum Gasteiger partial charge on any atom is -0.495 e. The fourth-order valence-corrected chi connectivity index (χ4v) is 2.88. The van der Waals surface area contributed by atoms with E-state index in [-0.39, 0.29) is 17.6 Å². The monoisotopic (exact) mass is 392 g/mol. The molecule has 2 rings (SSSR count). The van der Waals surface area contributed by atoms with E-state index in [1.807, 2.05) is 50.2 Å². The third kappa shape index (κ3) is 5.50. The number of methoxy groups -OCH3 is 1. The normalized spacial score (nSPS) is 10.0. The van der Waals surface area contributed by atoms with Crippen molar-refractivity contribution in [2.24, 2.45) is 0 Å². The molecule has 0 radical (unpaired) electrons. The Hall–Kier alpha value is -2.51. The van der Waals surface area contributed by atoms with Crippen LogP contribution >= 0.6 is 23.8 Å². The number of benzene rings is 2. The number of carbonyl (C=O) groups excluding carboxylic acids is 1. The standard InChI is InChI=1S/C18H21ClN4O2S/c1-11-8-12(2)17(13(19)9-11)21-18(26)23-22-16(24)10-20-14-6-4-5-7-15(14)25-3/h4-9,20H,10H2,1-3H3,(H,22,24)(H2,21,23,26). The van der Waals surface area contributed by atoms with Crippen molar-refractivity contribution in [2.75, 3.05) is 24.3 Å². The summed E-state index contributed by atoms with van der Waals surface area (Å²) < 4.78 is 5.22. The molecule has 6 nitrogen and oxygen atoms in total. The maximum atomic E-state index is 12.0. The van der Waals surface area contributed by atoms with Gasteiger partial charge in [0.15, 0.2) is 5.11 Å². The van der Waals surface area contributed by atoms with Gasteiger partial charge in [0.25, 0.3) is 5.91 Å². The summed E-state index contributed by atoms with van der Waals surface area (Å²) in [4.78, 5) is 12.0. The summed E-state index contributed by atoms with van der Waals surface area (Å²) in [6.07, 6.45) is 0. The molecule has 8 heteroatoms. The highest BCUT2D eigenvalue weighted by Crippen LogP contribution is 2.27. The average molecular weight is 393 g/mol. The Morgan fingerprint density at radius 2 is 1.92 bits per heavy atom. The predicted octanol–water partition coefficient (Wildman–Crippen LogP) is 3.40. The third-order valence-electron chi connectivity index (χ3n) is 3.53. The zero-order valence-electron chi connectivity index (χ0n) is 14.8. The van der Waals surface area contributed by atoms with Gasteiger partial charge in [0, 0.05) is 0 Å². The Morgan fingerprint density at radius 1 is 1.19 bits per heavy atom. The van der Waals surface area contributed by atoms with E-state index in [9.17, 15) is 4.79 Å². The molecule has 2 aromatic carbocycles. The molecular formula is C18H21ClN4O2S. The van der Waals surface area contributed by atoms with Gasteiger partial charge < -0.3 is 15.4 Å². The van der Waals surface area contributed by atoms with Gasteiger partial charge >= 0.3 is 0 Å². The van der Waals surface area contributed by atoms with Crippen LogP contribution < -0.4 is 26.2 Å². The smallest absolute Gasteiger partial charge is 0.257 e. The first kappa shape index (κ1) is 19.8. The van der Waals surface area contributed by atoms with Gasteiger partial charge in [-0.3, -0.25) is 15.6 Å². The van der Waals surface area contributed by atoms with E-state index in [2.05, 4.69) is 21.5 Å². The lowest BCUT2D eigenvalue weighted by Crippen LogP contribution is -2.46. The van der Waals surface area contributed by atoms with Crippen LogP contribution in [0.5, 0.6) is 5.75 Å². The lowest BCUT2D eigenvalue weighted by Gasteiger charge is -2.15. The van der Waals surface area contributed by atoms with Crippen LogP contribution in [0, 0.1) is 13.8 Å². The van der Waals surface area contributed by atoms with Gasteiger partial charge in [-0.25, -0.2) is 0 Å². The molecule has 0 heterocycles. The molecule has 0 saturated heterocycles. The number of nitrogens with one attached hydrogen (secondary N) is 4. The number of aryl methyl sites for hydroxylation is 2. The van der Waals surface area contributed by atoms with Crippen LogP contribution in [0.3, 0.4) is 0 Å². The van der Waals surface area contributed by atoms with Crippen LogP contribution in [0.4, 0.5) is 11.4 Å². The largest absolute Gasteiger partial charge is 0.495 e. The molecule has 0 aliphatic rings. The van der Waals surface area contributed by atoms with Gasteiger partial charge in [-0.05, 0) is 55.4 Å². The molecule has 0 unspecified atom stereocenters. The highest BCUT2D eigenvalue weighted by molar-refractivity contribution is 7.80. The molecule has 4 N–H and O–H groups in total. The third-order valence-corrected chi connectivity index (χ3v) is 4.03. The maximum Gasteiger partial charge on any atom is 0.257 e. The molecule has 0 aliphatic carbocycles. The molecule has 0 atom stereocenters. The molecule has 0 fully saturated rings. The number of halogens is 1. The second-order valence-electron chi connectivity index (χ2n) is 5.62. The van der Waals surface area contributed by atoms with Crippen LogP contribution in [0.25, 0.3) is 0 Å². The van der Waals surface area contributed by atoms with Crippen molar-refractivity contribution in [1.29, 1.82) is 0 Å². The molecule has 0 aromatic heterocycles. The Morgan fingerprint density at radius 3 is 2.62 bits per heavy atom. The van der Waals surface area contributed by atoms with Crippen molar-refractivity contribution in [3.63, 3.8) is 0 Å². The number of hydrogen-bond acceptors (Lipinski definition) is 4. The minimum atomic E-state index is -0.285. The first-order chi connectivity index (χ1) is 12.4. The Labute approximate surface area is 163 Å². The molecule has 1 amide bonds. The van der Waals surface area contributed by atoms with Crippen LogP contribution in [0.2, 0.25) is 5.02 Å². The number of amides is 1. The van der Waals surface area contributed by atoms with E-state index in [0.717, 1.165) is 16.8 Å². The zero-order chi connectivity index (χ0) is 19.1. The summed E-state index contributed by atoms with van der Waals surface area (Å²) in [6.45, 7) is 3.95. The van der Waals surface area contributed by atoms with E-state index in [1.165, 1.54) is 0 Å². The molecule has 2 aromatic rings. The summed E-state index contributed by atoms with van der Waals surface area (Å²) in [5, 5.41) is 6.79. The average Bonchev–Trinajstić information content (AvgIpc) is 2.61. The SMILES string of the molecule is COc1ccccc1NCC(=O)NNC(=S)Nc1c(C)cc(C)cc1Cl. The number of hydrazine groups is 1. The summed E-state index contributed by atoms with van der Waals surface area (Å²) in [5.74, 6) is 0.377. The second kappa shape index (κ2) is 9.26. The highest BCUT2D eigenvalue weighted by Gasteiger charge is 2.09. The lowest BCUT2D eigenvalue weighted by atomic mass is 10.1. The molecule has 0 aliphatic heterocycles. The van der Waals surface area contributed by atoms with Crippen LogP contribution in [0.15, 0.2) is 36.4 Å². The molecule has 0 bridgehead atoms. The van der Waals surface area contributed by atoms with E-state index >= 15 is 0 Å². The first-order valence-electron chi connectivity index (χ1n) is 7.90. The van der Waals surface area contributed by atoms with Crippen LogP contribution in [-0.2, 0) is 4.79 Å². The summed E-state index contributed by atoms with van der Waals surface area (Å²) in [5.41, 5.74) is 8.64. The van der Waals surface area contributed by atoms with E-state index in [0.29, 0.717) is 16.5 Å². The topological polar surface area (TPSA) is 74.4 Å². The number of para-hydroxylation sites is 2. The van der Waals surface area contributed by atoms with E-state index in [1.54, 1.807) is 7.11 Å². The Kier molecular flexibility index (Phi) is 7.06. The van der Waals surface area contributed by atoms with Gasteiger partial charge in [0.05, 0.1) is 30.1 Å². The Bertz CT molecular complexity index is 791. The van der Waals surface area contributed by atoms with Gasteiger partial charge in [-0.15, -0.1) is 0 Å². The molecule has 0 spiro atoms. The number of hydrogen-bond donors (Lipinski definition) is 4. The molecular weight excluding hydrogens is 372 g/mol. The van der Waals surface area contributed by atoms with E-state index < -0.39 is 0 Å². The number of anilines is 2. The highest BCUT2D eigenvalue weighted by atomic mass is 35.5. The van der Waals surface area contributed by atoms with Crippen LogP contribution in [-0.4, -0.2) is 24.7 Å². The molecule has 26 heavy (non-hydrogen) atoms. The van der Waals surface area contributed by atoms with Crippen LogP contribution in [0.1, 0.15) is 11.1 Å². The number of ether oxygens (including phenoxy) is 1.